The summed E-state index contributed by atoms with van der Waals surface area (Å²) in [5, 5.41) is 36.6. The standard InChI is InChI=1S/C12H10N2O2/c1-2-3-4-9-8(6-13)5-11(15)12(16)10(9)7-14/h2-3,5,15-16H,4H2,1H3/b3-2+. The Balaban J connectivity index is 3.49. The smallest absolute Gasteiger partial charge is 0.175 e. The quantitative estimate of drug-likeness (QED) is 0.581. The number of phenols is 2. The van der Waals surface area contributed by atoms with Crippen LogP contribution in [0.3, 0.4) is 0 Å². The molecule has 0 atom stereocenters. The summed E-state index contributed by atoms with van der Waals surface area (Å²) in [6.45, 7) is 1.82. The lowest BCUT2D eigenvalue weighted by Gasteiger charge is -2.07. The van der Waals surface area contributed by atoms with Gasteiger partial charge in [0.25, 0.3) is 0 Å². The van der Waals surface area contributed by atoms with E-state index in [2.05, 4.69) is 0 Å². The van der Waals surface area contributed by atoms with Crippen molar-refractivity contribution < 1.29 is 10.2 Å². The van der Waals surface area contributed by atoms with E-state index in [1.165, 1.54) is 0 Å². The molecule has 0 aliphatic rings. The molecule has 0 heterocycles. The number of hydrogen-bond acceptors (Lipinski definition) is 4. The molecule has 80 valence electrons. The van der Waals surface area contributed by atoms with Crippen LogP contribution >= 0.6 is 0 Å². The maximum absolute atomic E-state index is 9.49. The van der Waals surface area contributed by atoms with Crippen LogP contribution in [-0.4, -0.2) is 10.2 Å². The summed E-state index contributed by atoms with van der Waals surface area (Å²) in [7, 11) is 0. The first kappa shape index (κ1) is 11.6. The molecule has 0 aliphatic heterocycles. The second kappa shape index (κ2) is 4.86. The lowest BCUT2D eigenvalue weighted by molar-refractivity contribution is 0.402. The van der Waals surface area contributed by atoms with Gasteiger partial charge in [-0.25, -0.2) is 0 Å². The SMILES string of the molecule is C/C=C/Cc1c(C#N)cc(O)c(O)c1C#N. The minimum absolute atomic E-state index is 0.0466. The van der Waals surface area contributed by atoms with Crippen LogP contribution in [0.1, 0.15) is 23.6 Å². The lowest BCUT2D eigenvalue weighted by Crippen LogP contribution is -1.94. The van der Waals surface area contributed by atoms with Crippen LogP contribution in [0.25, 0.3) is 0 Å². The minimum atomic E-state index is -0.471. The molecule has 16 heavy (non-hydrogen) atoms. The molecule has 0 spiro atoms. The maximum atomic E-state index is 9.49. The summed E-state index contributed by atoms with van der Waals surface area (Å²) in [5.41, 5.74) is 0.581. The van der Waals surface area contributed by atoms with Crippen LogP contribution < -0.4 is 0 Å². The predicted octanol–water partition coefficient (Wildman–Crippen LogP) is 1.96. The molecule has 1 aromatic rings. The van der Waals surface area contributed by atoms with Crippen LogP contribution in [0.15, 0.2) is 18.2 Å². The Kier molecular flexibility index (Phi) is 3.53. The van der Waals surface area contributed by atoms with Gasteiger partial charge in [0, 0.05) is 6.07 Å². The van der Waals surface area contributed by atoms with E-state index in [0.717, 1.165) is 6.07 Å². The molecular formula is C12H10N2O2. The van der Waals surface area contributed by atoms with Gasteiger partial charge in [-0.15, -0.1) is 0 Å². The van der Waals surface area contributed by atoms with Crippen molar-refractivity contribution in [1.82, 2.24) is 0 Å². The van der Waals surface area contributed by atoms with Crippen molar-refractivity contribution in [1.29, 1.82) is 10.5 Å². The molecule has 4 heteroatoms. The van der Waals surface area contributed by atoms with E-state index < -0.39 is 11.5 Å². The number of phenolic OH excluding ortho intramolecular Hbond substituents is 2. The normalized spacial score (nSPS) is 9.94. The zero-order chi connectivity index (χ0) is 12.1. The molecule has 0 fully saturated rings. The Hall–Kier alpha value is -2.46. The van der Waals surface area contributed by atoms with Crippen molar-refractivity contribution in [2.45, 2.75) is 13.3 Å². The first-order chi connectivity index (χ1) is 7.65. The Morgan fingerprint density at radius 1 is 1.31 bits per heavy atom. The van der Waals surface area contributed by atoms with Crippen LogP contribution in [-0.2, 0) is 6.42 Å². The third kappa shape index (κ3) is 1.97. The molecule has 0 saturated carbocycles. The number of rotatable bonds is 2. The summed E-state index contributed by atoms with van der Waals surface area (Å²) in [6.07, 6.45) is 3.93. The molecule has 0 saturated heterocycles. The third-order valence-electron chi connectivity index (χ3n) is 2.18. The van der Waals surface area contributed by atoms with E-state index in [-0.39, 0.29) is 11.1 Å². The molecule has 0 bridgehead atoms. The Labute approximate surface area is 93.3 Å². The molecule has 0 amide bonds. The summed E-state index contributed by atoms with van der Waals surface area (Å²) >= 11 is 0. The van der Waals surface area contributed by atoms with Gasteiger partial charge in [0.1, 0.15) is 11.6 Å². The molecule has 2 N–H and O–H groups in total. The van der Waals surface area contributed by atoms with Crippen LogP contribution in [0.4, 0.5) is 0 Å². The highest BCUT2D eigenvalue weighted by atomic mass is 16.3. The Bertz CT molecular complexity index is 519. The van der Waals surface area contributed by atoms with Crippen molar-refractivity contribution in [3.05, 3.63) is 34.9 Å². The fraction of sp³-hybridized carbons (Fsp3) is 0.167. The first-order valence-electron chi connectivity index (χ1n) is 4.64. The summed E-state index contributed by atoms with van der Waals surface area (Å²) in [5.74, 6) is -0.918. The Morgan fingerprint density at radius 3 is 2.50 bits per heavy atom. The third-order valence-corrected chi connectivity index (χ3v) is 2.18. The highest BCUT2D eigenvalue weighted by molar-refractivity contribution is 5.61. The van der Waals surface area contributed by atoms with Gasteiger partial charge in [0.15, 0.2) is 11.5 Å². The van der Waals surface area contributed by atoms with Gasteiger partial charge in [-0.3, -0.25) is 0 Å². The van der Waals surface area contributed by atoms with Gasteiger partial charge in [-0.05, 0) is 18.9 Å². The maximum Gasteiger partial charge on any atom is 0.175 e. The predicted molar refractivity (Wildman–Crippen MR) is 57.7 cm³/mol. The van der Waals surface area contributed by atoms with Crippen molar-refractivity contribution >= 4 is 0 Å². The van der Waals surface area contributed by atoms with E-state index in [1.54, 1.807) is 18.2 Å². The van der Waals surface area contributed by atoms with E-state index in [9.17, 15) is 10.2 Å². The van der Waals surface area contributed by atoms with Crippen LogP contribution in [0, 0.1) is 22.7 Å². The van der Waals surface area contributed by atoms with Gasteiger partial charge in [0.05, 0.1) is 11.6 Å². The van der Waals surface area contributed by atoms with Crippen molar-refractivity contribution in [3.63, 3.8) is 0 Å². The second-order valence-electron chi connectivity index (χ2n) is 3.14. The molecule has 0 radical (unpaired) electrons. The van der Waals surface area contributed by atoms with Crippen molar-refractivity contribution in [3.8, 4) is 23.6 Å². The number of nitrogens with zero attached hydrogens (tertiary/aromatic N) is 2. The van der Waals surface area contributed by atoms with Crippen molar-refractivity contribution in [2.75, 3.05) is 0 Å². The fourth-order valence-electron chi connectivity index (χ4n) is 1.37. The fourth-order valence-corrected chi connectivity index (χ4v) is 1.37. The van der Waals surface area contributed by atoms with Gasteiger partial charge < -0.3 is 10.2 Å². The molecule has 1 rings (SSSR count). The molecular weight excluding hydrogens is 204 g/mol. The zero-order valence-electron chi connectivity index (χ0n) is 8.73. The number of aromatic hydroxyl groups is 2. The van der Waals surface area contributed by atoms with Gasteiger partial charge in [0.2, 0.25) is 0 Å². The van der Waals surface area contributed by atoms with Gasteiger partial charge in [-0.2, -0.15) is 10.5 Å². The average molecular weight is 214 g/mol. The topological polar surface area (TPSA) is 88.0 Å². The zero-order valence-corrected chi connectivity index (χ0v) is 8.73. The molecule has 1 aromatic carbocycles. The second-order valence-corrected chi connectivity index (χ2v) is 3.14. The molecule has 4 nitrogen and oxygen atoms in total. The lowest BCUT2D eigenvalue weighted by atomic mass is 9.97. The van der Waals surface area contributed by atoms with E-state index in [4.69, 9.17) is 10.5 Å². The Morgan fingerprint density at radius 2 is 2.00 bits per heavy atom. The monoisotopic (exact) mass is 214 g/mol. The molecule has 0 aromatic heterocycles. The number of benzene rings is 1. The van der Waals surface area contributed by atoms with E-state index in [1.807, 2.05) is 13.0 Å². The first-order valence-corrected chi connectivity index (χ1v) is 4.64. The van der Waals surface area contributed by atoms with Crippen LogP contribution in [0.2, 0.25) is 0 Å². The summed E-state index contributed by atoms with van der Waals surface area (Å²) in [4.78, 5) is 0. The number of hydrogen-bond donors (Lipinski definition) is 2. The molecule has 0 unspecified atom stereocenters. The highest BCUT2D eigenvalue weighted by Gasteiger charge is 2.16. The molecule has 0 aliphatic carbocycles. The van der Waals surface area contributed by atoms with E-state index >= 15 is 0 Å². The highest BCUT2D eigenvalue weighted by Crippen LogP contribution is 2.33. The summed E-state index contributed by atoms with van der Waals surface area (Å²) < 4.78 is 0. The average Bonchev–Trinajstić information content (AvgIpc) is 2.30. The number of nitriles is 2. The summed E-state index contributed by atoms with van der Waals surface area (Å²) in [6, 6.07) is 4.85. The van der Waals surface area contributed by atoms with Gasteiger partial charge in [-0.1, -0.05) is 12.2 Å². The van der Waals surface area contributed by atoms with E-state index in [0.29, 0.717) is 12.0 Å². The van der Waals surface area contributed by atoms with Crippen molar-refractivity contribution in [2.24, 2.45) is 0 Å². The van der Waals surface area contributed by atoms with Crippen LogP contribution in [0.5, 0.6) is 11.5 Å². The number of allylic oxidation sites excluding steroid dienone is 2. The van der Waals surface area contributed by atoms with Gasteiger partial charge >= 0.3 is 0 Å². The largest absolute Gasteiger partial charge is 0.504 e. The minimum Gasteiger partial charge on any atom is -0.504 e.